The number of amides is 1. The quantitative estimate of drug-likeness (QED) is 0.658. The Bertz CT molecular complexity index is 649. The van der Waals surface area contributed by atoms with Gasteiger partial charge in [0.05, 0.1) is 24.2 Å². The lowest BCUT2D eigenvalue weighted by Gasteiger charge is -2.08. The van der Waals surface area contributed by atoms with Crippen molar-refractivity contribution in [3.63, 3.8) is 0 Å². The lowest BCUT2D eigenvalue weighted by atomic mass is 10.2. The number of methoxy groups -OCH3 is 1. The zero-order valence-electron chi connectivity index (χ0n) is 11.4. The van der Waals surface area contributed by atoms with Crippen molar-refractivity contribution in [1.29, 1.82) is 0 Å². The predicted molar refractivity (Wildman–Crippen MR) is 83.2 cm³/mol. The number of thioether (sulfide) groups is 1. The summed E-state index contributed by atoms with van der Waals surface area (Å²) in [6.07, 6.45) is 0. The Kier molecular flexibility index (Phi) is 5.05. The molecule has 1 amide bonds. The summed E-state index contributed by atoms with van der Waals surface area (Å²) < 4.78 is 18.0. The Hall–Kier alpha value is -2.21. The van der Waals surface area contributed by atoms with Crippen molar-refractivity contribution >= 4 is 29.0 Å². The van der Waals surface area contributed by atoms with Gasteiger partial charge in [0, 0.05) is 4.90 Å². The number of nitrogen functional groups attached to an aromatic ring is 1. The normalized spacial score (nSPS) is 10.2. The van der Waals surface area contributed by atoms with Gasteiger partial charge in [0.1, 0.15) is 11.6 Å². The molecule has 0 unspecified atom stereocenters. The molecule has 0 radical (unpaired) electrons. The number of nitrogens with one attached hydrogen (secondary N) is 1. The topological polar surface area (TPSA) is 64.3 Å². The zero-order valence-corrected chi connectivity index (χ0v) is 12.2. The van der Waals surface area contributed by atoms with Crippen molar-refractivity contribution < 1.29 is 13.9 Å². The lowest BCUT2D eigenvalue weighted by Crippen LogP contribution is -2.15. The molecule has 0 aromatic heterocycles. The fraction of sp³-hybridized carbons (Fsp3) is 0.133. The molecular formula is C15H15FN2O2S. The van der Waals surface area contributed by atoms with Gasteiger partial charge in [-0.2, -0.15) is 0 Å². The van der Waals surface area contributed by atoms with Gasteiger partial charge < -0.3 is 15.8 Å². The molecule has 0 aliphatic rings. The van der Waals surface area contributed by atoms with Gasteiger partial charge in [-0.3, -0.25) is 4.79 Å². The summed E-state index contributed by atoms with van der Waals surface area (Å²) in [6, 6.07) is 11.3. The molecule has 0 bridgehead atoms. The molecule has 21 heavy (non-hydrogen) atoms. The van der Waals surface area contributed by atoms with E-state index in [9.17, 15) is 9.18 Å². The average molecular weight is 306 g/mol. The van der Waals surface area contributed by atoms with E-state index in [-0.39, 0.29) is 17.3 Å². The largest absolute Gasteiger partial charge is 0.497 e. The van der Waals surface area contributed by atoms with Crippen LogP contribution >= 0.6 is 11.8 Å². The van der Waals surface area contributed by atoms with E-state index in [1.54, 1.807) is 7.11 Å². The zero-order chi connectivity index (χ0) is 15.2. The number of hydrogen-bond acceptors (Lipinski definition) is 4. The van der Waals surface area contributed by atoms with Crippen molar-refractivity contribution in [2.75, 3.05) is 23.9 Å². The van der Waals surface area contributed by atoms with Crippen LogP contribution in [0, 0.1) is 5.82 Å². The third-order valence-electron chi connectivity index (χ3n) is 2.70. The second kappa shape index (κ2) is 6.99. The number of anilines is 2. The molecule has 0 spiro atoms. The van der Waals surface area contributed by atoms with Crippen LogP contribution in [-0.4, -0.2) is 18.8 Å². The molecule has 2 rings (SSSR count). The molecule has 110 valence electrons. The minimum atomic E-state index is -0.434. The van der Waals surface area contributed by atoms with Gasteiger partial charge >= 0.3 is 0 Å². The van der Waals surface area contributed by atoms with E-state index in [2.05, 4.69) is 5.32 Å². The molecule has 0 aliphatic heterocycles. The first-order chi connectivity index (χ1) is 10.1. The highest BCUT2D eigenvalue weighted by molar-refractivity contribution is 8.00. The number of carbonyl (C=O) groups is 1. The van der Waals surface area contributed by atoms with Gasteiger partial charge in [-0.05, 0) is 36.4 Å². The molecule has 2 aromatic carbocycles. The molecule has 3 N–H and O–H groups in total. The second-order valence-electron chi connectivity index (χ2n) is 4.25. The van der Waals surface area contributed by atoms with Crippen LogP contribution in [0.4, 0.5) is 15.8 Å². The van der Waals surface area contributed by atoms with Crippen LogP contribution in [0.3, 0.4) is 0 Å². The molecule has 4 nitrogen and oxygen atoms in total. The highest BCUT2D eigenvalue weighted by Gasteiger charge is 2.07. The monoisotopic (exact) mass is 306 g/mol. The van der Waals surface area contributed by atoms with E-state index < -0.39 is 5.82 Å². The Morgan fingerprint density at radius 1 is 1.33 bits per heavy atom. The fourth-order valence-electron chi connectivity index (χ4n) is 1.67. The van der Waals surface area contributed by atoms with Crippen LogP contribution in [0.2, 0.25) is 0 Å². The minimum absolute atomic E-state index is 0.203. The van der Waals surface area contributed by atoms with E-state index in [0.29, 0.717) is 5.69 Å². The van der Waals surface area contributed by atoms with Crippen LogP contribution in [0.15, 0.2) is 47.4 Å². The number of rotatable bonds is 5. The standard InChI is InChI=1S/C15H15FN2O2S/c1-20-11-3-2-4-12(8-11)21-9-15(19)18-14-6-5-10(16)7-13(14)17/h2-8H,9,17H2,1H3,(H,18,19). The third kappa shape index (κ3) is 4.39. The highest BCUT2D eigenvalue weighted by Crippen LogP contribution is 2.24. The summed E-state index contributed by atoms with van der Waals surface area (Å²) in [5.74, 6) is 0.324. The Labute approximate surface area is 126 Å². The number of halogens is 1. The smallest absolute Gasteiger partial charge is 0.234 e. The molecule has 2 aromatic rings. The summed E-state index contributed by atoms with van der Waals surface area (Å²) in [7, 11) is 1.59. The van der Waals surface area contributed by atoms with Crippen LogP contribution in [0.5, 0.6) is 5.75 Å². The lowest BCUT2D eigenvalue weighted by molar-refractivity contribution is -0.113. The Morgan fingerprint density at radius 3 is 2.86 bits per heavy atom. The van der Waals surface area contributed by atoms with Crippen LogP contribution in [0.1, 0.15) is 0 Å². The molecule has 0 saturated carbocycles. The van der Waals surface area contributed by atoms with E-state index in [1.807, 2.05) is 24.3 Å². The highest BCUT2D eigenvalue weighted by atomic mass is 32.2. The fourth-order valence-corrected chi connectivity index (χ4v) is 2.42. The number of carbonyl (C=O) groups excluding carboxylic acids is 1. The van der Waals surface area contributed by atoms with Gasteiger partial charge in [-0.15, -0.1) is 11.8 Å². The summed E-state index contributed by atoms with van der Waals surface area (Å²) in [6.45, 7) is 0. The van der Waals surface area contributed by atoms with E-state index in [1.165, 1.54) is 30.0 Å². The maximum atomic E-state index is 12.9. The van der Waals surface area contributed by atoms with Gasteiger partial charge in [0.2, 0.25) is 5.91 Å². The third-order valence-corrected chi connectivity index (χ3v) is 3.69. The molecule has 0 heterocycles. The molecule has 0 fully saturated rings. The van der Waals surface area contributed by atoms with Crippen molar-refractivity contribution in [1.82, 2.24) is 0 Å². The summed E-state index contributed by atoms with van der Waals surface area (Å²) in [5.41, 5.74) is 6.25. The predicted octanol–water partition coefficient (Wildman–Crippen LogP) is 3.15. The maximum Gasteiger partial charge on any atom is 0.234 e. The van der Waals surface area contributed by atoms with Gasteiger partial charge in [-0.1, -0.05) is 6.07 Å². The van der Waals surface area contributed by atoms with Crippen molar-refractivity contribution in [3.05, 3.63) is 48.3 Å². The number of benzene rings is 2. The van der Waals surface area contributed by atoms with Gasteiger partial charge in [-0.25, -0.2) is 4.39 Å². The van der Waals surface area contributed by atoms with E-state index in [4.69, 9.17) is 10.5 Å². The minimum Gasteiger partial charge on any atom is -0.497 e. The van der Waals surface area contributed by atoms with Crippen molar-refractivity contribution in [3.8, 4) is 5.75 Å². The van der Waals surface area contributed by atoms with Gasteiger partial charge in [0.15, 0.2) is 0 Å². The molecule has 0 atom stereocenters. The van der Waals surface area contributed by atoms with E-state index >= 15 is 0 Å². The summed E-state index contributed by atoms with van der Waals surface area (Å²) >= 11 is 1.38. The molecule has 0 saturated heterocycles. The summed E-state index contributed by atoms with van der Waals surface area (Å²) in [4.78, 5) is 12.8. The first-order valence-corrected chi connectivity index (χ1v) is 7.19. The second-order valence-corrected chi connectivity index (χ2v) is 5.30. The van der Waals surface area contributed by atoms with Crippen LogP contribution in [0.25, 0.3) is 0 Å². The van der Waals surface area contributed by atoms with Crippen molar-refractivity contribution in [2.45, 2.75) is 4.90 Å². The first-order valence-electron chi connectivity index (χ1n) is 6.20. The summed E-state index contributed by atoms with van der Waals surface area (Å²) in [5, 5.41) is 2.65. The average Bonchev–Trinajstić information content (AvgIpc) is 2.48. The Balaban J connectivity index is 1.92. The molecule has 6 heteroatoms. The van der Waals surface area contributed by atoms with E-state index in [0.717, 1.165) is 10.6 Å². The number of hydrogen-bond donors (Lipinski definition) is 2. The maximum absolute atomic E-state index is 12.9. The SMILES string of the molecule is COc1cccc(SCC(=O)Nc2ccc(F)cc2N)c1. The molecular weight excluding hydrogens is 291 g/mol. The van der Waals surface area contributed by atoms with Crippen LogP contribution < -0.4 is 15.8 Å². The van der Waals surface area contributed by atoms with Gasteiger partial charge in [0.25, 0.3) is 0 Å². The van der Waals surface area contributed by atoms with Crippen LogP contribution in [-0.2, 0) is 4.79 Å². The number of ether oxygens (including phenoxy) is 1. The van der Waals surface area contributed by atoms with Crippen molar-refractivity contribution in [2.24, 2.45) is 0 Å². The molecule has 0 aliphatic carbocycles. The Morgan fingerprint density at radius 2 is 2.14 bits per heavy atom. The number of nitrogens with two attached hydrogens (primary N) is 1. The first kappa shape index (κ1) is 15.2.